The van der Waals surface area contributed by atoms with Gasteiger partial charge in [-0.15, -0.1) is 11.8 Å². The zero-order valence-electron chi connectivity index (χ0n) is 13.2. The molecule has 126 valence electrons. The van der Waals surface area contributed by atoms with Crippen molar-refractivity contribution in [2.24, 2.45) is 0 Å². The molecule has 1 rings (SSSR count). The number of carbonyl (C=O) groups excluding carboxylic acids is 3. The zero-order valence-corrected chi connectivity index (χ0v) is 14.0. The molecule has 1 heterocycles. The van der Waals surface area contributed by atoms with Crippen LogP contribution in [0.2, 0.25) is 0 Å². The Hall–Kier alpha value is -1.28. The molecule has 4 atom stereocenters. The van der Waals surface area contributed by atoms with E-state index >= 15 is 0 Å². The third-order valence-electron chi connectivity index (χ3n) is 2.91. The van der Waals surface area contributed by atoms with Crippen LogP contribution in [-0.2, 0) is 33.3 Å². The molecule has 0 aromatic rings. The topological polar surface area (TPSA) is 88.1 Å². The number of esters is 3. The maximum Gasteiger partial charge on any atom is 0.303 e. The normalized spacial score (nSPS) is 27.8. The maximum absolute atomic E-state index is 11.3. The van der Waals surface area contributed by atoms with E-state index in [0.717, 1.165) is 5.75 Å². The molecule has 8 heteroatoms. The fourth-order valence-corrected chi connectivity index (χ4v) is 3.11. The van der Waals surface area contributed by atoms with Gasteiger partial charge in [-0.05, 0) is 5.75 Å². The molecule has 0 saturated carbocycles. The van der Waals surface area contributed by atoms with E-state index in [0.29, 0.717) is 6.42 Å². The second-order valence-corrected chi connectivity index (χ2v) is 6.26. The van der Waals surface area contributed by atoms with Crippen LogP contribution in [0.1, 0.15) is 34.1 Å². The van der Waals surface area contributed by atoms with Crippen LogP contribution in [0.25, 0.3) is 0 Å². The van der Waals surface area contributed by atoms with Gasteiger partial charge in [0.2, 0.25) is 0 Å². The minimum absolute atomic E-state index is 0.0637. The molecule has 0 aromatic heterocycles. The van der Waals surface area contributed by atoms with Gasteiger partial charge in [0.25, 0.3) is 0 Å². The second kappa shape index (κ2) is 8.99. The van der Waals surface area contributed by atoms with Crippen LogP contribution in [0, 0.1) is 0 Å². The summed E-state index contributed by atoms with van der Waals surface area (Å²) in [5.41, 5.74) is -0.221. The third kappa shape index (κ3) is 6.23. The fourth-order valence-electron chi connectivity index (χ4n) is 2.19. The molecule has 0 spiro atoms. The first-order valence-corrected chi connectivity index (χ1v) is 8.13. The summed E-state index contributed by atoms with van der Waals surface area (Å²) >= 11 is 1.55. The van der Waals surface area contributed by atoms with E-state index in [-0.39, 0.29) is 12.0 Å². The fraction of sp³-hybridized carbons (Fsp3) is 0.786. The van der Waals surface area contributed by atoms with E-state index in [4.69, 9.17) is 18.9 Å². The molecule has 22 heavy (non-hydrogen) atoms. The Balaban J connectivity index is 2.89. The molecule has 7 nitrogen and oxygen atoms in total. The predicted octanol–water partition coefficient (Wildman–Crippen LogP) is 1.28. The van der Waals surface area contributed by atoms with Crippen molar-refractivity contribution in [1.82, 2.24) is 0 Å². The van der Waals surface area contributed by atoms with E-state index < -0.39 is 36.2 Å². The highest BCUT2D eigenvalue weighted by molar-refractivity contribution is 7.99. The van der Waals surface area contributed by atoms with Crippen LogP contribution in [-0.4, -0.2) is 54.0 Å². The molecule has 0 aliphatic carbocycles. The number of hydrogen-bond acceptors (Lipinski definition) is 8. The van der Waals surface area contributed by atoms with E-state index in [1.807, 2.05) is 6.92 Å². The minimum Gasteiger partial charge on any atom is -0.463 e. The summed E-state index contributed by atoms with van der Waals surface area (Å²) in [5, 5.41) is 0. The summed E-state index contributed by atoms with van der Waals surface area (Å²) in [5.74, 6) is -0.620. The lowest BCUT2D eigenvalue weighted by Gasteiger charge is -2.39. The Morgan fingerprint density at radius 3 is 2.23 bits per heavy atom. The molecule has 1 saturated heterocycles. The van der Waals surface area contributed by atoms with Crippen molar-refractivity contribution in [3.8, 4) is 0 Å². The lowest BCUT2D eigenvalue weighted by atomic mass is 10.0. The number of carbonyl (C=O) groups is 3. The van der Waals surface area contributed by atoms with E-state index in [9.17, 15) is 14.4 Å². The number of rotatable bonds is 6. The molecule has 0 amide bonds. The van der Waals surface area contributed by atoms with E-state index in [2.05, 4.69) is 0 Å². The van der Waals surface area contributed by atoms with Gasteiger partial charge in [-0.25, -0.2) is 0 Å². The molecule has 1 aliphatic heterocycles. The zero-order chi connectivity index (χ0) is 16.7. The van der Waals surface area contributed by atoms with Gasteiger partial charge >= 0.3 is 17.9 Å². The first-order chi connectivity index (χ1) is 10.3. The van der Waals surface area contributed by atoms with Crippen LogP contribution in [0.4, 0.5) is 0 Å². The summed E-state index contributed by atoms with van der Waals surface area (Å²) in [4.78, 5) is 33.6. The standard InChI is InChI=1S/C14H22O7S/c1-5-22-13-6-11(19-9(3)16)14(20-10(4)17)12(21-13)7-18-8(2)15/h11-14H,5-7H2,1-4H3/t11-,12-,13+,14-/m1/s1. The number of ether oxygens (including phenoxy) is 4. The Morgan fingerprint density at radius 2 is 1.73 bits per heavy atom. The Morgan fingerprint density at radius 1 is 1.09 bits per heavy atom. The van der Waals surface area contributed by atoms with Crippen molar-refractivity contribution in [3.63, 3.8) is 0 Å². The van der Waals surface area contributed by atoms with Crippen molar-refractivity contribution in [1.29, 1.82) is 0 Å². The van der Waals surface area contributed by atoms with Crippen molar-refractivity contribution in [3.05, 3.63) is 0 Å². The Kier molecular flexibility index (Phi) is 7.67. The monoisotopic (exact) mass is 334 g/mol. The van der Waals surface area contributed by atoms with Gasteiger partial charge in [0.05, 0.1) is 0 Å². The third-order valence-corrected chi connectivity index (χ3v) is 3.92. The molecule has 0 unspecified atom stereocenters. The maximum atomic E-state index is 11.3. The highest BCUT2D eigenvalue weighted by Crippen LogP contribution is 2.31. The van der Waals surface area contributed by atoms with Gasteiger partial charge in [-0.3, -0.25) is 14.4 Å². The van der Waals surface area contributed by atoms with Gasteiger partial charge in [0.1, 0.15) is 24.3 Å². The largest absolute Gasteiger partial charge is 0.463 e. The lowest BCUT2D eigenvalue weighted by Crippen LogP contribution is -2.53. The first-order valence-electron chi connectivity index (χ1n) is 7.08. The summed E-state index contributed by atoms with van der Waals surface area (Å²) in [6, 6.07) is 0. The molecule has 0 N–H and O–H groups in total. The van der Waals surface area contributed by atoms with Crippen LogP contribution in [0.3, 0.4) is 0 Å². The predicted molar refractivity (Wildman–Crippen MR) is 79.2 cm³/mol. The Labute approximate surface area is 134 Å². The van der Waals surface area contributed by atoms with Crippen LogP contribution in [0.15, 0.2) is 0 Å². The molecule has 0 aromatic carbocycles. The highest BCUT2D eigenvalue weighted by atomic mass is 32.2. The van der Waals surface area contributed by atoms with Crippen LogP contribution in [0.5, 0.6) is 0 Å². The van der Waals surface area contributed by atoms with Crippen LogP contribution >= 0.6 is 11.8 Å². The summed E-state index contributed by atoms with van der Waals surface area (Å²) < 4.78 is 21.3. The number of hydrogen-bond donors (Lipinski definition) is 0. The molecule has 1 aliphatic rings. The summed E-state index contributed by atoms with van der Waals surface area (Å²) in [7, 11) is 0. The average Bonchev–Trinajstić information content (AvgIpc) is 2.38. The summed E-state index contributed by atoms with van der Waals surface area (Å²) in [6.07, 6.45) is -1.68. The van der Waals surface area contributed by atoms with Gasteiger partial charge < -0.3 is 18.9 Å². The molecular formula is C14H22O7S. The van der Waals surface area contributed by atoms with E-state index in [1.165, 1.54) is 20.8 Å². The lowest BCUT2D eigenvalue weighted by molar-refractivity contribution is -0.204. The van der Waals surface area contributed by atoms with Gasteiger partial charge in [0.15, 0.2) is 6.10 Å². The highest BCUT2D eigenvalue weighted by Gasteiger charge is 2.43. The minimum atomic E-state index is -0.797. The SMILES string of the molecule is CCS[C@H]1C[C@@H](OC(C)=O)[C@@H](OC(C)=O)[C@@H](COC(C)=O)O1. The van der Waals surface area contributed by atoms with Gasteiger partial charge in [-0.1, -0.05) is 6.92 Å². The Bertz CT molecular complexity index is 412. The van der Waals surface area contributed by atoms with Crippen molar-refractivity contribution in [2.75, 3.05) is 12.4 Å². The average molecular weight is 334 g/mol. The van der Waals surface area contributed by atoms with Crippen molar-refractivity contribution < 1.29 is 33.3 Å². The summed E-state index contributed by atoms with van der Waals surface area (Å²) in [6.45, 7) is 5.76. The number of thioether (sulfide) groups is 1. The van der Waals surface area contributed by atoms with Crippen molar-refractivity contribution >= 4 is 29.7 Å². The molecular weight excluding hydrogens is 312 g/mol. The van der Waals surface area contributed by atoms with E-state index in [1.54, 1.807) is 11.8 Å². The van der Waals surface area contributed by atoms with Crippen LogP contribution < -0.4 is 0 Å². The van der Waals surface area contributed by atoms with Gasteiger partial charge in [-0.2, -0.15) is 0 Å². The molecule has 0 radical (unpaired) electrons. The second-order valence-electron chi connectivity index (χ2n) is 4.82. The molecule has 1 fully saturated rings. The first kappa shape index (κ1) is 18.8. The smallest absolute Gasteiger partial charge is 0.303 e. The molecule has 0 bridgehead atoms. The van der Waals surface area contributed by atoms with Gasteiger partial charge in [0, 0.05) is 27.2 Å². The van der Waals surface area contributed by atoms with Crippen molar-refractivity contribution in [2.45, 2.75) is 57.9 Å². The quantitative estimate of drug-likeness (QED) is 0.530.